The number of nitrogens with zero attached hydrogens (tertiary/aromatic N) is 3. The number of fused-ring (bicyclic) bond motifs is 2. The fourth-order valence-corrected chi connectivity index (χ4v) is 3.79. The van der Waals surface area contributed by atoms with Crippen LogP contribution in [0.2, 0.25) is 0 Å². The van der Waals surface area contributed by atoms with Gasteiger partial charge in [0.2, 0.25) is 0 Å². The first-order valence-electron chi connectivity index (χ1n) is 9.70. The first kappa shape index (κ1) is 19.9. The summed E-state index contributed by atoms with van der Waals surface area (Å²) in [6.45, 7) is 0.238. The zero-order valence-corrected chi connectivity index (χ0v) is 16.4. The largest absolute Gasteiger partial charge is 0.416 e. The van der Waals surface area contributed by atoms with E-state index in [1.807, 2.05) is 0 Å². The minimum absolute atomic E-state index is 0.200. The van der Waals surface area contributed by atoms with Crippen molar-refractivity contribution >= 4 is 11.6 Å². The molecule has 0 aliphatic heterocycles. The average molecular weight is 433 g/mol. The van der Waals surface area contributed by atoms with Crippen LogP contribution in [0, 0.1) is 0 Å². The smallest absolute Gasteiger partial charge is 0.289 e. The highest BCUT2D eigenvalue weighted by atomic mass is 19.4. The van der Waals surface area contributed by atoms with Gasteiger partial charge in [0.15, 0.2) is 11.6 Å². The van der Waals surface area contributed by atoms with Gasteiger partial charge in [-0.25, -0.2) is 4.68 Å². The van der Waals surface area contributed by atoms with E-state index >= 15 is 0 Å². The zero-order chi connectivity index (χ0) is 22.5. The third kappa shape index (κ3) is 3.39. The number of alkyl halides is 3. The van der Waals surface area contributed by atoms with Crippen LogP contribution in [0.25, 0.3) is 11.3 Å². The highest BCUT2D eigenvalue weighted by Gasteiger charge is 2.31. The number of rotatable bonds is 3. The first-order valence-corrected chi connectivity index (χ1v) is 9.70. The van der Waals surface area contributed by atoms with Gasteiger partial charge in [-0.1, -0.05) is 47.7 Å². The predicted molar refractivity (Wildman–Crippen MR) is 109 cm³/mol. The van der Waals surface area contributed by atoms with Crippen molar-refractivity contribution in [1.82, 2.24) is 15.0 Å². The summed E-state index contributed by atoms with van der Waals surface area (Å²) in [7, 11) is 0. The van der Waals surface area contributed by atoms with Crippen molar-refractivity contribution in [3.8, 4) is 11.3 Å². The van der Waals surface area contributed by atoms with E-state index in [-0.39, 0.29) is 18.1 Å². The van der Waals surface area contributed by atoms with Crippen LogP contribution in [-0.4, -0.2) is 26.6 Å². The molecule has 1 aliphatic rings. The summed E-state index contributed by atoms with van der Waals surface area (Å²) < 4.78 is 40.4. The van der Waals surface area contributed by atoms with Gasteiger partial charge in [0.1, 0.15) is 5.69 Å². The topological polar surface area (TPSA) is 64.8 Å². The molecule has 1 heterocycles. The standard InChI is InChI=1S/C24H14F3N3O2/c25-24(26,27)16-5-3-4-15(11-16)21-13-30(29-28-21)12-14-8-9-19-20(10-14)23(32)18-7-2-1-6-17(18)22(19)31/h1-11,13H,12H2. The van der Waals surface area contributed by atoms with Crippen LogP contribution >= 0.6 is 0 Å². The van der Waals surface area contributed by atoms with E-state index < -0.39 is 11.7 Å². The molecule has 0 spiro atoms. The maximum Gasteiger partial charge on any atom is 0.416 e. The van der Waals surface area contributed by atoms with Crippen molar-refractivity contribution in [2.24, 2.45) is 0 Å². The van der Waals surface area contributed by atoms with E-state index in [0.717, 1.165) is 12.1 Å². The molecule has 5 rings (SSSR count). The summed E-state index contributed by atoms with van der Waals surface area (Å²) in [5.41, 5.74) is 1.98. The van der Waals surface area contributed by atoms with Crippen molar-refractivity contribution in [3.63, 3.8) is 0 Å². The third-order valence-electron chi connectivity index (χ3n) is 5.36. The molecule has 0 amide bonds. The summed E-state index contributed by atoms with van der Waals surface area (Å²) in [5, 5.41) is 7.97. The molecular weight excluding hydrogens is 419 g/mol. The molecule has 0 N–H and O–H groups in total. The molecule has 0 unspecified atom stereocenters. The van der Waals surface area contributed by atoms with E-state index in [1.165, 1.54) is 23.0 Å². The van der Waals surface area contributed by atoms with E-state index in [9.17, 15) is 22.8 Å². The number of benzene rings is 3. The highest BCUT2D eigenvalue weighted by Crippen LogP contribution is 2.32. The Balaban J connectivity index is 1.43. The van der Waals surface area contributed by atoms with Crippen molar-refractivity contribution in [2.45, 2.75) is 12.7 Å². The number of carbonyl (C=O) groups excluding carboxylic acids is 2. The lowest BCUT2D eigenvalue weighted by Gasteiger charge is -2.18. The SMILES string of the molecule is O=C1c2ccccc2C(=O)c2cc(Cn3cc(-c4cccc(C(F)(F)F)c4)nn3)ccc21. The average Bonchev–Trinajstić information content (AvgIpc) is 3.25. The molecule has 32 heavy (non-hydrogen) atoms. The Morgan fingerprint density at radius 3 is 2.19 bits per heavy atom. The lowest BCUT2D eigenvalue weighted by Crippen LogP contribution is -2.21. The van der Waals surface area contributed by atoms with E-state index in [4.69, 9.17) is 0 Å². The van der Waals surface area contributed by atoms with Crippen LogP contribution in [0.1, 0.15) is 43.0 Å². The van der Waals surface area contributed by atoms with Gasteiger partial charge >= 0.3 is 6.18 Å². The zero-order valence-electron chi connectivity index (χ0n) is 16.4. The van der Waals surface area contributed by atoms with Crippen LogP contribution in [0.5, 0.6) is 0 Å². The molecule has 5 nitrogen and oxygen atoms in total. The first-order chi connectivity index (χ1) is 15.3. The lowest BCUT2D eigenvalue weighted by molar-refractivity contribution is -0.137. The number of ketones is 2. The number of hydrogen-bond acceptors (Lipinski definition) is 4. The van der Waals surface area contributed by atoms with Gasteiger partial charge in [-0.2, -0.15) is 13.2 Å². The molecule has 0 atom stereocenters. The van der Waals surface area contributed by atoms with E-state index in [0.29, 0.717) is 39.1 Å². The van der Waals surface area contributed by atoms with Crippen LogP contribution in [0.4, 0.5) is 13.2 Å². The quantitative estimate of drug-likeness (QED) is 0.411. The van der Waals surface area contributed by atoms with Crippen LogP contribution < -0.4 is 0 Å². The maximum atomic E-state index is 13.0. The second-order valence-corrected chi connectivity index (χ2v) is 7.46. The van der Waals surface area contributed by atoms with Gasteiger partial charge in [-0.05, 0) is 29.8 Å². The molecule has 0 saturated heterocycles. The molecule has 0 bridgehead atoms. The molecular formula is C24H14F3N3O2. The minimum atomic E-state index is -4.45. The van der Waals surface area contributed by atoms with Gasteiger partial charge in [0.25, 0.3) is 0 Å². The van der Waals surface area contributed by atoms with Gasteiger partial charge < -0.3 is 0 Å². The molecule has 158 valence electrons. The number of carbonyl (C=O) groups is 2. The fourth-order valence-electron chi connectivity index (χ4n) is 3.79. The van der Waals surface area contributed by atoms with Gasteiger partial charge in [0.05, 0.1) is 18.3 Å². The molecule has 1 aliphatic carbocycles. The Morgan fingerprint density at radius 2 is 1.47 bits per heavy atom. The Hall–Kier alpha value is -4.07. The van der Waals surface area contributed by atoms with Gasteiger partial charge in [-0.15, -0.1) is 5.10 Å². The monoisotopic (exact) mass is 433 g/mol. The van der Waals surface area contributed by atoms with Crippen molar-refractivity contribution in [2.75, 3.05) is 0 Å². The fraction of sp³-hybridized carbons (Fsp3) is 0.0833. The third-order valence-corrected chi connectivity index (χ3v) is 5.36. The molecule has 0 fully saturated rings. The van der Waals surface area contributed by atoms with Crippen molar-refractivity contribution < 1.29 is 22.8 Å². The minimum Gasteiger partial charge on any atom is -0.289 e. The normalized spacial score (nSPS) is 13.1. The molecule has 0 saturated carbocycles. The van der Waals surface area contributed by atoms with Crippen molar-refractivity contribution in [1.29, 1.82) is 0 Å². The maximum absolute atomic E-state index is 13.0. The number of hydrogen-bond donors (Lipinski definition) is 0. The molecule has 4 aromatic rings. The van der Waals surface area contributed by atoms with Gasteiger partial charge in [-0.3, -0.25) is 9.59 Å². The van der Waals surface area contributed by atoms with Crippen LogP contribution in [-0.2, 0) is 12.7 Å². The second kappa shape index (κ2) is 7.26. The van der Waals surface area contributed by atoms with Gasteiger partial charge in [0, 0.05) is 27.8 Å². The van der Waals surface area contributed by atoms with E-state index in [1.54, 1.807) is 42.5 Å². The van der Waals surface area contributed by atoms with Crippen molar-refractivity contribution in [3.05, 3.63) is 106 Å². The number of aromatic nitrogens is 3. The summed E-state index contributed by atoms with van der Waals surface area (Å²) in [5.74, 6) is -0.422. The summed E-state index contributed by atoms with van der Waals surface area (Å²) in [4.78, 5) is 25.6. The second-order valence-electron chi connectivity index (χ2n) is 7.46. The summed E-state index contributed by atoms with van der Waals surface area (Å²) >= 11 is 0. The Labute approximate surface area is 180 Å². The summed E-state index contributed by atoms with van der Waals surface area (Å²) in [6, 6.07) is 16.6. The molecule has 1 aromatic heterocycles. The lowest BCUT2D eigenvalue weighted by atomic mass is 9.83. The Kier molecular flexibility index (Phi) is 4.51. The molecule has 3 aromatic carbocycles. The predicted octanol–water partition coefficient (Wildman–Crippen LogP) is 4.79. The van der Waals surface area contributed by atoms with Crippen LogP contribution in [0.15, 0.2) is 72.9 Å². The van der Waals surface area contributed by atoms with E-state index in [2.05, 4.69) is 10.3 Å². The van der Waals surface area contributed by atoms with Crippen LogP contribution in [0.3, 0.4) is 0 Å². The highest BCUT2D eigenvalue weighted by molar-refractivity contribution is 6.28. The molecule has 8 heteroatoms. The summed E-state index contributed by atoms with van der Waals surface area (Å²) in [6.07, 6.45) is -2.91. The Bertz CT molecular complexity index is 1390. The Morgan fingerprint density at radius 1 is 0.781 bits per heavy atom. The molecule has 0 radical (unpaired) electrons. The number of halogens is 3.